The van der Waals surface area contributed by atoms with Gasteiger partial charge in [-0.25, -0.2) is 9.79 Å². The summed E-state index contributed by atoms with van der Waals surface area (Å²) >= 11 is 3.29. The molecule has 0 aromatic heterocycles. The Hall–Kier alpha value is -2.53. The minimum atomic E-state index is -0.412. The van der Waals surface area contributed by atoms with Crippen LogP contribution in [0.15, 0.2) is 46.3 Å². The first kappa shape index (κ1) is 24.1. The highest BCUT2D eigenvalue weighted by Gasteiger charge is 2.32. The van der Waals surface area contributed by atoms with Crippen LogP contribution in [0.1, 0.15) is 36.7 Å². The molecule has 9 heteroatoms. The number of ether oxygens (including phenoxy) is 2. The summed E-state index contributed by atoms with van der Waals surface area (Å²) in [6, 6.07) is 10.3. The van der Waals surface area contributed by atoms with Crippen molar-refractivity contribution in [3.05, 3.63) is 56.0 Å². The topological polar surface area (TPSA) is 88.4 Å². The highest BCUT2D eigenvalue weighted by atomic mass is 127. The molecule has 2 aromatic carbocycles. The third-order valence-corrected chi connectivity index (χ3v) is 6.26. The first-order valence-corrected chi connectivity index (χ1v) is 12.0. The number of phenolic OH excluding ortho intramolecular Hbond substituents is 1. The molecule has 3 rings (SSSR count). The largest absolute Gasteiger partial charge is 0.504 e. The summed E-state index contributed by atoms with van der Waals surface area (Å²) in [7, 11) is 0. The van der Waals surface area contributed by atoms with Crippen LogP contribution in [0.4, 0.5) is 5.69 Å². The number of carbonyl (C=O) groups excluding carboxylic acids is 2. The van der Waals surface area contributed by atoms with E-state index in [0.29, 0.717) is 50.4 Å². The van der Waals surface area contributed by atoms with Crippen LogP contribution < -0.4 is 4.74 Å². The number of amides is 1. The van der Waals surface area contributed by atoms with E-state index < -0.39 is 5.97 Å². The number of phenols is 1. The van der Waals surface area contributed by atoms with E-state index in [2.05, 4.69) is 4.99 Å². The first-order valence-electron chi connectivity index (χ1n) is 10.1. The number of benzene rings is 2. The van der Waals surface area contributed by atoms with Gasteiger partial charge >= 0.3 is 5.97 Å². The molecule has 1 amide bonds. The molecule has 1 aliphatic rings. The van der Waals surface area contributed by atoms with Crippen LogP contribution >= 0.6 is 34.4 Å². The number of likely N-dealkylation sites (N-methyl/N-ethyl adjacent to an activating group) is 1. The number of aliphatic imine (C=N–C) groups is 1. The molecule has 1 fully saturated rings. The molecule has 0 bridgehead atoms. The molecule has 7 nitrogen and oxygen atoms in total. The quantitative estimate of drug-likeness (QED) is 0.282. The smallest absolute Gasteiger partial charge is 0.338 e. The summed E-state index contributed by atoms with van der Waals surface area (Å²) in [5.74, 6) is -0.110. The maximum absolute atomic E-state index is 13.0. The SMILES string of the molecule is CCOC(=O)c1cccc(N=C2SC(=Cc3cc(I)c(O)c(OCC)c3)C(=O)N2CC)c1. The number of aromatic hydroxyl groups is 1. The molecular formula is C23H23IN2O5S. The molecule has 0 spiro atoms. The van der Waals surface area contributed by atoms with Crippen LogP contribution in [0.5, 0.6) is 11.5 Å². The van der Waals surface area contributed by atoms with Crippen LogP contribution in [0, 0.1) is 3.57 Å². The molecule has 0 unspecified atom stereocenters. The number of rotatable bonds is 7. The van der Waals surface area contributed by atoms with Gasteiger partial charge in [-0.15, -0.1) is 0 Å². The molecule has 1 saturated heterocycles. The maximum Gasteiger partial charge on any atom is 0.338 e. The number of amidine groups is 1. The van der Waals surface area contributed by atoms with Gasteiger partial charge in [-0.1, -0.05) is 6.07 Å². The Morgan fingerprint density at radius 2 is 2.00 bits per heavy atom. The van der Waals surface area contributed by atoms with Gasteiger partial charge in [0.05, 0.1) is 32.9 Å². The number of halogens is 1. The zero-order chi connectivity index (χ0) is 23.3. The second-order valence-corrected chi connectivity index (χ2v) is 8.78. The van der Waals surface area contributed by atoms with Gasteiger partial charge in [-0.2, -0.15) is 0 Å². The molecule has 0 saturated carbocycles. The Bertz CT molecular complexity index is 1100. The van der Waals surface area contributed by atoms with Crippen LogP contribution in [0.2, 0.25) is 0 Å². The second-order valence-electron chi connectivity index (χ2n) is 6.61. The minimum absolute atomic E-state index is 0.0823. The molecule has 0 radical (unpaired) electrons. The van der Waals surface area contributed by atoms with E-state index in [1.807, 2.05) is 36.4 Å². The average molecular weight is 566 g/mol. The lowest BCUT2D eigenvalue weighted by Gasteiger charge is -2.12. The fourth-order valence-electron chi connectivity index (χ4n) is 2.99. The van der Waals surface area contributed by atoms with Crippen LogP contribution in [0.3, 0.4) is 0 Å². The van der Waals surface area contributed by atoms with Crippen molar-refractivity contribution < 1.29 is 24.2 Å². The fourth-order valence-corrected chi connectivity index (χ4v) is 4.68. The lowest BCUT2D eigenvalue weighted by molar-refractivity contribution is -0.122. The Morgan fingerprint density at radius 1 is 1.22 bits per heavy atom. The summed E-state index contributed by atoms with van der Waals surface area (Å²) < 4.78 is 11.2. The van der Waals surface area contributed by atoms with Gasteiger partial charge in [0.15, 0.2) is 16.7 Å². The van der Waals surface area contributed by atoms with E-state index in [4.69, 9.17) is 9.47 Å². The third kappa shape index (κ3) is 5.44. The molecule has 32 heavy (non-hydrogen) atoms. The molecular weight excluding hydrogens is 543 g/mol. The maximum atomic E-state index is 13.0. The van der Waals surface area contributed by atoms with Crippen molar-refractivity contribution in [1.29, 1.82) is 0 Å². The molecule has 1 N–H and O–H groups in total. The number of hydrogen-bond donors (Lipinski definition) is 1. The summed E-state index contributed by atoms with van der Waals surface area (Å²) in [6.45, 7) is 6.64. The number of thioether (sulfide) groups is 1. The van der Waals surface area contributed by atoms with Gasteiger partial charge in [-0.3, -0.25) is 9.69 Å². The molecule has 168 valence electrons. The van der Waals surface area contributed by atoms with Crippen molar-refractivity contribution in [3.8, 4) is 11.5 Å². The van der Waals surface area contributed by atoms with Gasteiger partial charge in [0, 0.05) is 6.54 Å². The van der Waals surface area contributed by atoms with Gasteiger partial charge in [0.1, 0.15) is 0 Å². The van der Waals surface area contributed by atoms with Crippen molar-refractivity contribution in [2.45, 2.75) is 20.8 Å². The molecule has 1 heterocycles. The van der Waals surface area contributed by atoms with E-state index in [9.17, 15) is 14.7 Å². The average Bonchev–Trinajstić information content (AvgIpc) is 3.06. The van der Waals surface area contributed by atoms with Crippen molar-refractivity contribution in [2.24, 2.45) is 4.99 Å². The Labute approximate surface area is 204 Å². The standard InChI is InChI=1S/C23H23IN2O5S/c1-4-26-21(28)19(12-14-10-17(24)20(27)18(11-14)30-5-2)32-23(26)25-16-9-7-8-15(13-16)22(29)31-6-3/h7-13,27H,4-6H2,1-3H3. The van der Waals surface area contributed by atoms with Gasteiger partial charge in [0.2, 0.25) is 0 Å². The van der Waals surface area contributed by atoms with E-state index >= 15 is 0 Å². The predicted octanol–water partition coefficient (Wildman–Crippen LogP) is 5.20. The molecule has 0 aliphatic carbocycles. The fraction of sp³-hybridized carbons (Fsp3) is 0.261. The second kappa shape index (κ2) is 10.9. The summed E-state index contributed by atoms with van der Waals surface area (Å²) in [6.07, 6.45) is 1.76. The molecule has 1 aliphatic heterocycles. The summed E-state index contributed by atoms with van der Waals surface area (Å²) in [4.78, 5) is 31.7. The normalized spacial score (nSPS) is 16.1. The predicted molar refractivity (Wildman–Crippen MR) is 134 cm³/mol. The van der Waals surface area contributed by atoms with E-state index in [-0.39, 0.29) is 11.7 Å². The summed E-state index contributed by atoms with van der Waals surface area (Å²) in [5.41, 5.74) is 1.71. The Morgan fingerprint density at radius 3 is 2.69 bits per heavy atom. The van der Waals surface area contributed by atoms with E-state index in [1.54, 1.807) is 54.3 Å². The minimum Gasteiger partial charge on any atom is -0.504 e. The van der Waals surface area contributed by atoms with Gasteiger partial charge in [0.25, 0.3) is 5.91 Å². The van der Waals surface area contributed by atoms with E-state index in [1.165, 1.54) is 11.8 Å². The monoisotopic (exact) mass is 566 g/mol. The number of esters is 1. The zero-order valence-corrected chi connectivity index (χ0v) is 20.9. The van der Waals surface area contributed by atoms with Crippen molar-refractivity contribution in [2.75, 3.05) is 19.8 Å². The first-order chi connectivity index (χ1) is 15.4. The summed E-state index contributed by atoms with van der Waals surface area (Å²) in [5, 5.41) is 10.7. The Balaban J connectivity index is 1.93. The lowest BCUT2D eigenvalue weighted by Crippen LogP contribution is -2.28. The van der Waals surface area contributed by atoms with E-state index in [0.717, 1.165) is 5.56 Å². The number of carbonyl (C=O) groups is 2. The van der Waals surface area contributed by atoms with Gasteiger partial charge in [-0.05, 0) is 97.1 Å². The third-order valence-electron chi connectivity index (χ3n) is 4.43. The van der Waals surface area contributed by atoms with Crippen LogP contribution in [-0.4, -0.2) is 46.8 Å². The molecule has 2 aromatic rings. The Kier molecular flexibility index (Phi) is 8.19. The van der Waals surface area contributed by atoms with Crippen LogP contribution in [0.25, 0.3) is 6.08 Å². The molecule has 0 atom stereocenters. The van der Waals surface area contributed by atoms with Crippen molar-refractivity contribution in [3.63, 3.8) is 0 Å². The lowest BCUT2D eigenvalue weighted by atomic mass is 10.2. The highest BCUT2D eigenvalue weighted by Crippen LogP contribution is 2.37. The number of hydrogen-bond acceptors (Lipinski definition) is 7. The van der Waals surface area contributed by atoms with Crippen molar-refractivity contribution >= 4 is 63.2 Å². The van der Waals surface area contributed by atoms with Crippen LogP contribution in [-0.2, 0) is 9.53 Å². The van der Waals surface area contributed by atoms with Gasteiger partial charge < -0.3 is 14.6 Å². The van der Waals surface area contributed by atoms with Crippen molar-refractivity contribution in [1.82, 2.24) is 4.90 Å². The highest BCUT2D eigenvalue weighted by molar-refractivity contribution is 14.1. The zero-order valence-electron chi connectivity index (χ0n) is 17.9. The number of nitrogens with zero attached hydrogens (tertiary/aromatic N) is 2.